The summed E-state index contributed by atoms with van der Waals surface area (Å²) in [5, 5.41) is 20.6. The van der Waals surface area contributed by atoms with Crippen molar-refractivity contribution in [2.24, 2.45) is 0 Å². The number of hydrogen-bond donors (Lipinski definition) is 3. The van der Waals surface area contributed by atoms with Crippen LogP contribution < -0.4 is 10.6 Å². The van der Waals surface area contributed by atoms with Crippen LogP contribution in [-0.4, -0.2) is 32.3 Å². The van der Waals surface area contributed by atoms with Crippen molar-refractivity contribution in [2.75, 3.05) is 0 Å². The lowest BCUT2D eigenvalue weighted by Gasteiger charge is -2.20. The van der Waals surface area contributed by atoms with Gasteiger partial charge in [0.05, 0.1) is 12.7 Å². The highest BCUT2D eigenvalue weighted by atomic mass is 19.1. The Bertz CT molecular complexity index is 1410. The van der Waals surface area contributed by atoms with Crippen LogP contribution in [0.15, 0.2) is 53.3 Å². The molecule has 8 nitrogen and oxygen atoms in total. The first-order chi connectivity index (χ1) is 14.4. The van der Waals surface area contributed by atoms with E-state index in [1.165, 1.54) is 22.8 Å². The minimum atomic E-state index is -1.63. The molecule has 0 radical (unpaired) electrons. The van der Waals surface area contributed by atoms with Crippen molar-refractivity contribution in [1.29, 1.82) is 0 Å². The molecule has 3 N–H and O–H groups in total. The Labute approximate surface area is 168 Å². The molecule has 1 fully saturated rings. The molecule has 0 spiro atoms. The largest absolute Gasteiger partial charge is 0.494 e. The van der Waals surface area contributed by atoms with E-state index in [0.29, 0.717) is 21.9 Å². The lowest BCUT2D eigenvalue weighted by Crippen LogP contribution is -2.49. The topological polar surface area (TPSA) is 109 Å². The summed E-state index contributed by atoms with van der Waals surface area (Å²) in [4.78, 5) is 24.5. The molecule has 0 saturated carbocycles. The van der Waals surface area contributed by atoms with Gasteiger partial charge in [-0.25, -0.2) is 9.18 Å². The molecular weight excluding hydrogens is 391 g/mol. The first kappa shape index (κ1) is 17.8. The summed E-state index contributed by atoms with van der Waals surface area (Å²) in [6, 6.07) is 8.46. The van der Waals surface area contributed by atoms with Gasteiger partial charge in [0.15, 0.2) is 11.5 Å². The van der Waals surface area contributed by atoms with Gasteiger partial charge in [-0.2, -0.15) is 0 Å². The van der Waals surface area contributed by atoms with Crippen molar-refractivity contribution in [3.63, 3.8) is 0 Å². The Morgan fingerprint density at radius 3 is 2.83 bits per heavy atom. The predicted molar refractivity (Wildman–Crippen MR) is 104 cm³/mol. The number of aromatic nitrogens is 2. The second-order valence-electron chi connectivity index (χ2n) is 6.95. The number of rotatable bonds is 2. The van der Waals surface area contributed by atoms with Crippen molar-refractivity contribution in [2.45, 2.75) is 12.1 Å². The lowest BCUT2D eigenvalue weighted by molar-refractivity contribution is -0.122. The molecule has 0 unspecified atom stereocenters. The van der Waals surface area contributed by atoms with Crippen molar-refractivity contribution in [3.05, 3.63) is 60.2 Å². The number of aromatic hydroxyl groups is 1. The van der Waals surface area contributed by atoms with E-state index in [-0.39, 0.29) is 12.4 Å². The molecule has 1 aliphatic rings. The highest BCUT2D eigenvalue weighted by Gasteiger charge is 2.46. The van der Waals surface area contributed by atoms with E-state index in [4.69, 9.17) is 4.52 Å². The maximum atomic E-state index is 13.5. The number of carbonyl (C=O) groups is 2. The fraction of sp³-hybridized carbons (Fsp3) is 0.0952. The number of urea groups is 1. The van der Waals surface area contributed by atoms with Gasteiger partial charge in [0, 0.05) is 27.9 Å². The molecule has 3 amide bonds. The first-order valence-electron chi connectivity index (χ1n) is 8.92. The summed E-state index contributed by atoms with van der Waals surface area (Å²) in [5.74, 6) is 4.31. The SMILES string of the molecule is O=C1NC(=O)[C@@](C#Cc2ccc3cnoc3c2)(Cn2cc3ccc(F)cc3c2O)N1. The first-order valence-corrected chi connectivity index (χ1v) is 8.92. The molecule has 2 aromatic heterocycles. The molecule has 5 rings (SSSR count). The van der Waals surface area contributed by atoms with Crippen LogP contribution in [0, 0.1) is 17.7 Å². The van der Waals surface area contributed by atoms with Crippen molar-refractivity contribution < 1.29 is 23.6 Å². The van der Waals surface area contributed by atoms with Crippen LogP contribution in [0.1, 0.15) is 5.56 Å². The maximum absolute atomic E-state index is 13.5. The fourth-order valence-corrected chi connectivity index (χ4v) is 3.44. The lowest BCUT2D eigenvalue weighted by atomic mass is 9.99. The monoisotopic (exact) mass is 404 g/mol. The van der Waals surface area contributed by atoms with Gasteiger partial charge in [0.25, 0.3) is 5.91 Å². The summed E-state index contributed by atoms with van der Waals surface area (Å²) in [7, 11) is 0. The third kappa shape index (κ3) is 2.82. The van der Waals surface area contributed by atoms with E-state index in [0.717, 1.165) is 5.39 Å². The molecule has 1 atom stereocenters. The van der Waals surface area contributed by atoms with E-state index in [1.807, 2.05) is 0 Å². The highest BCUT2D eigenvalue weighted by molar-refractivity contribution is 6.09. The van der Waals surface area contributed by atoms with Crippen LogP contribution in [0.25, 0.3) is 21.7 Å². The molecule has 1 saturated heterocycles. The molecule has 9 heteroatoms. The van der Waals surface area contributed by atoms with Crippen LogP contribution in [-0.2, 0) is 11.3 Å². The van der Waals surface area contributed by atoms with Gasteiger partial charge in [0.1, 0.15) is 5.82 Å². The number of hydrogen-bond acceptors (Lipinski definition) is 5. The van der Waals surface area contributed by atoms with Crippen molar-refractivity contribution in [3.8, 4) is 17.7 Å². The minimum Gasteiger partial charge on any atom is -0.494 e. The number of halogens is 1. The Morgan fingerprint density at radius 1 is 1.20 bits per heavy atom. The number of amides is 3. The van der Waals surface area contributed by atoms with E-state index in [9.17, 15) is 19.1 Å². The summed E-state index contributed by atoms with van der Waals surface area (Å²) in [5.41, 5.74) is -0.540. The zero-order valence-electron chi connectivity index (χ0n) is 15.3. The van der Waals surface area contributed by atoms with Gasteiger partial charge in [-0.05, 0) is 36.4 Å². The van der Waals surface area contributed by atoms with Crippen LogP contribution in [0.3, 0.4) is 0 Å². The Morgan fingerprint density at radius 2 is 2.03 bits per heavy atom. The summed E-state index contributed by atoms with van der Waals surface area (Å²) < 4.78 is 20.0. The molecule has 4 aromatic rings. The summed E-state index contributed by atoms with van der Waals surface area (Å²) >= 11 is 0. The third-order valence-corrected chi connectivity index (χ3v) is 4.95. The number of nitrogens with zero attached hydrogens (tertiary/aromatic N) is 2. The maximum Gasteiger partial charge on any atom is 0.323 e. The van der Waals surface area contributed by atoms with E-state index in [1.54, 1.807) is 30.6 Å². The Balaban J connectivity index is 1.57. The smallest absolute Gasteiger partial charge is 0.323 e. The molecule has 0 aliphatic carbocycles. The molecule has 148 valence electrons. The van der Waals surface area contributed by atoms with Crippen molar-refractivity contribution >= 4 is 33.7 Å². The number of fused-ring (bicyclic) bond motifs is 2. The normalized spacial score (nSPS) is 18.3. The van der Waals surface area contributed by atoms with Gasteiger partial charge in [0.2, 0.25) is 5.54 Å². The van der Waals surface area contributed by atoms with Crippen molar-refractivity contribution in [1.82, 2.24) is 20.4 Å². The zero-order chi connectivity index (χ0) is 20.9. The van der Waals surface area contributed by atoms with Gasteiger partial charge in [-0.3, -0.25) is 10.1 Å². The molecule has 1 aliphatic heterocycles. The highest BCUT2D eigenvalue weighted by Crippen LogP contribution is 2.29. The predicted octanol–water partition coefficient (Wildman–Crippen LogP) is 2.26. The average Bonchev–Trinajstić information content (AvgIpc) is 3.38. The molecule has 3 heterocycles. The molecule has 0 bridgehead atoms. The number of imide groups is 1. The van der Waals surface area contributed by atoms with Crippen LogP contribution in [0.4, 0.5) is 9.18 Å². The van der Waals surface area contributed by atoms with E-state index < -0.39 is 23.3 Å². The van der Waals surface area contributed by atoms with Crippen LogP contribution in [0.2, 0.25) is 0 Å². The molecular formula is C21H13FN4O4. The minimum absolute atomic E-state index is 0.176. The van der Waals surface area contributed by atoms with Crippen LogP contribution >= 0.6 is 0 Å². The average molecular weight is 404 g/mol. The fourth-order valence-electron chi connectivity index (χ4n) is 3.44. The van der Waals surface area contributed by atoms with Crippen LogP contribution in [0.5, 0.6) is 5.88 Å². The van der Waals surface area contributed by atoms with Gasteiger partial charge in [-0.1, -0.05) is 17.0 Å². The third-order valence-electron chi connectivity index (χ3n) is 4.95. The number of nitrogens with one attached hydrogen (secondary N) is 2. The second kappa shape index (κ2) is 6.35. The van der Waals surface area contributed by atoms with E-state index >= 15 is 0 Å². The van der Waals surface area contributed by atoms with Gasteiger partial charge < -0.3 is 19.5 Å². The summed E-state index contributed by atoms with van der Waals surface area (Å²) in [6.45, 7) is -0.176. The zero-order valence-corrected chi connectivity index (χ0v) is 15.3. The van der Waals surface area contributed by atoms with E-state index in [2.05, 4.69) is 27.6 Å². The second-order valence-corrected chi connectivity index (χ2v) is 6.95. The summed E-state index contributed by atoms with van der Waals surface area (Å²) in [6.07, 6.45) is 3.13. The Hall–Kier alpha value is -4.32. The van der Waals surface area contributed by atoms with Gasteiger partial charge in [-0.15, -0.1) is 0 Å². The van der Waals surface area contributed by atoms with Gasteiger partial charge >= 0.3 is 6.03 Å². The number of benzene rings is 2. The Kier molecular flexibility index (Phi) is 3.76. The standard InChI is InChI=1S/C21H13FN4O4/c22-15-4-3-14-10-26(18(27)16(14)8-15)11-21(19(28)24-20(29)25-21)6-5-12-1-2-13-9-23-30-17(13)7-12/h1-4,7-10,27H,11H2,(H2,24,25,28,29)/t21-/m1/s1. The number of carbonyl (C=O) groups excluding carboxylic acids is 2. The molecule has 30 heavy (non-hydrogen) atoms. The quantitative estimate of drug-likeness (QED) is 0.351. The molecule has 2 aromatic carbocycles.